The van der Waals surface area contributed by atoms with Crippen LogP contribution in [0.2, 0.25) is 0 Å². The summed E-state index contributed by atoms with van der Waals surface area (Å²) in [4.78, 5) is 11.5. The summed E-state index contributed by atoms with van der Waals surface area (Å²) in [5, 5.41) is 0. The number of hydrogen-bond acceptors (Lipinski definition) is 3. The van der Waals surface area contributed by atoms with E-state index in [1.165, 1.54) is 13.2 Å². The minimum absolute atomic E-state index is 0.0574. The molecule has 0 aromatic carbocycles. The normalized spacial score (nSPS) is 9.77. The molecule has 0 atom stereocenters. The van der Waals surface area contributed by atoms with Crippen LogP contribution in [0.5, 0.6) is 5.95 Å². The van der Waals surface area contributed by atoms with E-state index in [-0.39, 0.29) is 11.4 Å². The van der Waals surface area contributed by atoms with Crippen LogP contribution in [0.15, 0.2) is 15.8 Å². The average Bonchev–Trinajstić information content (AvgIpc) is 2.15. The molecule has 3 heteroatoms. The molecular formula is C10H12O3. The standard InChI is InChI=1S/C10H12O3/c1-5-8-6(2)9(11)7(3)10(12-4)13-8/h5H,1H2,2-4H3. The molecule has 0 bridgehead atoms. The smallest absolute Gasteiger partial charge is 0.291 e. The van der Waals surface area contributed by atoms with Crippen LogP contribution in [0.25, 0.3) is 6.08 Å². The first-order chi connectivity index (χ1) is 6.11. The number of rotatable bonds is 2. The van der Waals surface area contributed by atoms with E-state index in [0.717, 1.165) is 0 Å². The zero-order valence-corrected chi connectivity index (χ0v) is 8.01. The van der Waals surface area contributed by atoms with Crippen LogP contribution in [-0.4, -0.2) is 7.11 Å². The first-order valence-corrected chi connectivity index (χ1v) is 3.92. The zero-order chi connectivity index (χ0) is 10.0. The number of hydrogen-bond donors (Lipinski definition) is 0. The SMILES string of the molecule is C=Cc1oc(OC)c(C)c(=O)c1C. The van der Waals surface area contributed by atoms with Crippen molar-refractivity contribution in [1.29, 1.82) is 0 Å². The lowest BCUT2D eigenvalue weighted by Gasteiger charge is -2.05. The summed E-state index contributed by atoms with van der Waals surface area (Å²) < 4.78 is 10.2. The maximum absolute atomic E-state index is 11.5. The Labute approximate surface area is 76.6 Å². The lowest BCUT2D eigenvalue weighted by Crippen LogP contribution is -2.11. The predicted molar refractivity (Wildman–Crippen MR) is 51.1 cm³/mol. The van der Waals surface area contributed by atoms with Gasteiger partial charge in [-0.05, 0) is 19.9 Å². The molecule has 0 fully saturated rings. The van der Waals surface area contributed by atoms with E-state index in [0.29, 0.717) is 16.9 Å². The van der Waals surface area contributed by atoms with Crippen molar-refractivity contribution in [2.45, 2.75) is 13.8 Å². The molecule has 0 amide bonds. The van der Waals surface area contributed by atoms with E-state index in [9.17, 15) is 4.79 Å². The van der Waals surface area contributed by atoms with Gasteiger partial charge in [0.05, 0.1) is 12.7 Å². The van der Waals surface area contributed by atoms with Crippen LogP contribution in [-0.2, 0) is 0 Å². The van der Waals surface area contributed by atoms with Crippen molar-refractivity contribution in [3.8, 4) is 5.95 Å². The Hall–Kier alpha value is -1.51. The molecule has 1 aromatic heterocycles. The molecule has 0 unspecified atom stereocenters. The maximum Gasteiger partial charge on any atom is 0.291 e. The zero-order valence-electron chi connectivity index (χ0n) is 8.01. The summed E-state index contributed by atoms with van der Waals surface area (Å²) in [5.74, 6) is 0.720. The van der Waals surface area contributed by atoms with Gasteiger partial charge in [-0.2, -0.15) is 0 Å². The monoisotopic (exact) mass is 180 g/mol. The van der Waals surface area contributed by atoms with E-state index in [4.69, 9.17) is 9.15 Å². The minimum atomic E-state index is -0.0574. The highest BCUT2D eigenvalue weighted by Gasteiger charge is 2.11. The second kappa shape index (κ2) is 3.47. The largest absolute Gasteiger partial charge is 0.468 e. The summed E-state index contributed by atoms with van der Waals surface area (Å²) in [6, 6.07) is 0. The van der Waals surface area contributed by atoms with Gasteiger partial charge in [-0.3, -0.25) is 4.79 Å². The van der Waals surface area contributed by atoms with Gasteiger partial charge < -0.3 is 9.15 Å². The van der Waals surface area contributed by atoms with E-state index in [1.54, 1.807) is 13.8 Å². The van der Waals surface area contributed by atoms with Crippen molar-refractivity contribution in [3.05, 3.63) is 33.7 Å². The van der Waals surface area contributed by atoms with Crippen molar-refractivity contribution >= 4 is 6.08 Å². The average molecular weight is 180 g/mol. The quantitative estimate of drug-likeness (QED) is 0.697. The van der Waals surface area contributed by atoms with Crippen LogP contribution in [0.4, 0.5) is 0 Å². The van der Waals surface area contributed by atoms with Crippen LogP contribution in [0, 0.1) is 13.8 Å². The molecule has 0 N–H and O–H groups in total. The van der Waals surface area contributed by atoms with E-state index >= 15 is 0 Å². The Morgan fingerprint density at radius 3 is 2.46 bits per heavy atom. The Kier molecular flexibility index (Phi) is 2.56. The Balaban J connectivity index is 3.55. The van der Waals surface area contributed by atoms with Crippen molar-refractivity contribution in [1.82, 2.24) is 0 Å². The fourth-order valence-electron chi connectivity index (χ4n) is 1.13. The highest BCUT2D eigenvalue weighted by atomic mass is 16.6. The first-order valence-electron chi connectivity index (χ1n) is 3.92. The molecule has 0 aliphatic heterocycles. The topological polar surface area (TPSA) is 39.4 Å². The first kappa shape index (κ1) is 9.58. The van der Waals surface area contributed by atoms with Gasteiger partial charge in [0.15, 0.2) is 5.43 Å². The number of methoxy groups -OCH3 is 1. The Morgan fingerprint density at radius 1 is 1.38 bits per heavy atom. The minimum Gasteiger partial charge on any atom is -0.468 e. The van der Waals surface area contributed by atoms with Crippen molar-refractivity contribution in [3.63, 3.8) is 0 Å². The third-order valence-corrected chi connectivity index (χ3v) is 1.93. The third-order valence-electron chi connectivity index (χ3n) is 1.93. The summed E-state index contributed by atoms with van der Waals surface area (Å²) in [7, 11) is 1.47. The van der Waals surface area contributed by atoms with E-state index in [2.05, 4.69) is 6.58 Å². The predicted octanol–water partition coefficient (Wildman–Crippen LogP) is 1.91. The summed E-state index contributed by atoms with van der Waals surface area (Å²) in [6.45, 7) is 6.92. The van der Waals surface area contributed by atoms with E-state index in [1.807, 2.05) is 0 Å². The molecular weight excluding hydrogens is 168 g/mol. The van der Waals surface area contributed by atoms with Gasteiger partial charge in [-0.1, -0.05) is 6.58 Å². The van der Waals surface area contributed by atoms with E-state index < -0.39 is 0 Å². The summed E-state index contributed by atoms with van der Waals surface area (Å²) in [6.07, 6.45) is 1.50. The lowest BCUT2D eigenvalue weighted by atomic mass is 10.2. The molecule has 0 spiro atoms. The molecule has 0 saturated carbocycles. The van der Waals surface area contributed by atoms with Crippen LogP contribution in [0.1, 0.15) is 16.9 Å². The fourth-order valence-corrected chi connectivity index (χ4v) is 1.13. The second-order valence-corrected chi connectivity index (χ2v) is 2.74. The molecule has 0 saturated heterocycles. The van der Waals surface area contributed by atoms with Crippen LogP contribution in [0.3, 0.4) is 0 Å². The van der Waals surface area contributed by atoms with Crippen molar-refractivity contribution in [2.75, 3.05) is 7.11 Å². The third kappa shape index (κ3) is 1.49. The Morgan fingerprint density at radius 2 is 2.00 bits per heavy atom. The summed E-state index contributed by atoms with van der Waals surface area (Å²) >= 11 is 0. The molecule has 1 aromatic rings. The molecule has 1 heterocycles. The van der Waals surface area contributed by atoms with Gasteiger partial charge in [0.1, 0.15) is 5.76 Å². The number of ether oxygens (including phenoxy) is 1. The van der Waals surface area contributed by atoms with Crippen molar-refractivity contribution < 1.29 is 9.15 Å². The van der Waals surface area contributed by atoms with Gasteiger partial charge >= 0.3 is 0 Å². The van der Waals surface area contributed by atoms with Crippen LogP contribution >= 0.6 is 0 Å². The molecule has 1 rings (SSSR count). The van der Waals surface area contributed by atoms with Gasteiger partial charge in [0, 0.05) is 5.56 Å². The maximum atomic E-state index is 11.5. The van der Waals surface area contributed by atoms with Gasteiger partial charge in [0.25, 0.3) is 5.95 Å². The Bertz CT molecular complexity index is 388. The molecule has 13 heavy (non-hydrogen) atoms. The second-order valence-electron chi connectivity index (χ2n) is 2.74. The van der Waals surface area contributed by atoms with Gasteiger partial charge in [-0.15, -0.1) is 0 Å². The fraction of sp³-hybridized carbons (Fsp3) is 0.300. The highest BCUT2D eigenvalue weighted by molar-refractivity contribution is 5.46. The molecule has 0 aliphatic carbocycles. The van der Waals surface area contributed by atoms with Crippen LogP contribution < -0.4 is 10.2 Å². The van der Waals surface area contributed by atoms with Gasteiger partial charge in [-0.25, -0.2) is 0 Å². The van der Waals surface area contributed by atoms with Crippen molar-refractivity contribution in [2.24, 2.45) is 0 Å². The molecule has 70 valence electrons. The summed E-state index contributed by atoms with van der Waals surface area (Å²) in [5.41, 5.74) is 0.997. The lowest BCUT2D eigenvalue weighted by molar-refractivity contribution is 0.289. The molecule has 3 nitrogen and oxygen atoms in total. The highest BCUT2D eigenvalue weighted by Crippen LogP contribution is 2.18. The van der Waals surface area contributed by atoms with Gasteiger partial charge in [0.2, 0.25) is 0 Å². The molecule has 0 radical (unpaired) electrons. The molecule has 0 aliphatic rings.